The van der Waals surface area contributed by atoms with Gasteiger partial charge in [0.15, 0.2) is 5.01 Å². The summed E-state index contributed by atoms with van der Waals surface area (Å²) in [5.74, 6) is 0. The number of hydrogen-bond acceptors (Lipinski definition) is 4. The summed E-state index contributed by atoms with van der Waals surface area (Å²) in [4.78, 5) is 3.94. The van der Waals surface area contributed by atoms with Crippen molar-refractivity contribution in [3.05, 3.63) is 16.1 Å². The molecule has 1 rings (SSSR count). The summed E-state index contributed by atoms with van der Waals surface area (Å²) >= 11 is 0.653. The van der Waals surface area contributed by atoms with Gasteiger partial charge in [-0.1, -0.05) is 6.92 Å². The standard InChI is InChI=1S/C10H15F3N2OS/c1-4-6(16-3)8(14-2)7-5-15-9(17-7)10(11,12)13/h5-6,8,14H,4H2,1-3H3. The van der Waals surface area contributed by atoms with Gasteiger partial charge in [0.25, 0.3) is 0 Å². The number of aromatic nitrogens is 1. The van der Waals surface area contributed by atoms with Gasteiger partial charge in [0.1, 0.15) is 0 Å². The van der Waals surface area contributed by atoms with E-state index in [1.165, 1.54) is 6.20 Å². The van der Waals surface area contributed by atoms with E-state index >= 15 is 0 Å². The van der Waals surface area contributed by atoms with Crippen LogP contribution in [0.5, 0.6) is 0 Å². The summed E-state index contributed by atoms with van der Waals surface area (Å²) in [6, 6.07) is -0.265. The third-order valence-electron chi connectivity index (χ3n) is 2.46. The molecule has 2 unspecified atom stereocenters. The van der Waals surface area contributed by atoms with E-state index in [0.29, 0.717) is 22.6 Å². The Morgan fingerprint density at radius 1 is 1.53 bits per heavy atom. The molecule has 0 aliphatic carbocycles. The first-order chi connectivity index (χ1) is 7.93. The van der Waals surface area contributed by atoms with Crippen molar-refractivity contribution in [1.82, 2.24) is 10.3 Å². The van der Waals surface area contributed by atoms with Crippen LogP contribution < -0.4 is 5.32 Å². The maximum Gasteiger partial charge on any atom is 0.443 e. The Bertz CT molecular complexity index is 350. The minimum absolute atomic E-state index is 0.165. The summed E-state index contributed by atoms with van der Waals surface area (Å²) in [5.41, 5.74) is 0. The average Bonchev–Trinajstić information content (AvgIpc) is 2.74. The van der Waals surface area contributed by atoms with E-state index in [2.05, 4.69) is 10.3 Å². The highest BCUT2D eigenvalue weighted by atomic mass is 32.1. The number of alkyl halides is 3. The second-order valence-electron chi connectivity index (χ2n) is 3.51. The van der Waals surface area contributed by atoms with E-state index in [0.717, 1.165) is 0 Å². The van der Waals surface area contributed by atoms with Crippen molar-refractivity contribution in [2.24, 2.45) is 0 Å². The fraction of sp³-hybridized carbons (Fsp3) is 0.700. The molecule has 0 fully saturated rings. The SMILES string of the molecule is CCC(OC)C(NC)c1cnc(C(F)(F)F)s1. The lowest BCUT2D eigenvalue weighted by atomic mass is 10.1. The van der Waals surface area contributed by atoms with Gasteiger partial charge in [0.2, 0.25) is 0 Å². The molecular formula is C10H15F3N2OS. The van der Waals surface area contributed by atoms with Crippen LogP contribution in [0.1, 0.15) is 29.3 Å². The molecule has 2 atom stereocenters. The Morgan fingerprint density at radius 3 is 2.53 bits per heavy atom. The molecule has 1 aromatic rings. The zero-order valence-electron chi connectivity index (χ0n) is 9.84. The molecule has 0 aliphatic heterocycles. The first kappa shape index (κ1) is 14.4. The number of nitrogens with zero attached hydrogens (tertiary/aromatic N) is 1. The highest BCUT2D eigenvalue weighted by molar-refractivity contribution is 7.11. The second-order valence-corrected chi connectivity index (χ2v) is 4.58. The molecule has 0 aliphatic rings. The van der Waals surface area contributed by atoms with Crippen molar-refractivity contribution in [3.8, 4) is 0 Å². The van der Waals surface area contributed by atoms with Crippen molar-refractivity contribution in [3.63, 3.8) is 0 Å². The number of likely N-dealkylation sites (N-methyl/N-ethyl adjacent to an activating group) is 1. The van der Waals surface area contributed by atoms with Gasteiger partial charge in [-0.05, 0) is 13.5 Å². The molecule has 0 saturated carbocycles. The number of methoxy groups -OCH3 is 1. The van der Waals surface area contributed by atoms with E-state index in [1.54, 1.807) is 14.2 Å². The predicted molar refractivity (Wildman–Crippen MR) is 60.0 cm³/mol. The third-order valence-corrected chi connectivity index (χ3v) is 3.59. The van der Waals surface area contributed by atoms with E-state index in [1.807, 2.05) is 6.92 Å². The predicted octanol–water partition coefficient (Wildman–Crippen LogP) is 2.85. The van der Waals surface area contributed by atoms with Gasteiger partial charge in [-0.25, -0.2) is 4.98 Å². The molecule has 98 valence electrons. The van der Waals surface area contributed by atoms with Gasteiger partial charge in [-0.15, -0.1) is 11.3 Å². The van der Waals surface area contributed by atoms with Crippen LogP contribution in [0.25, 0.3) is 0 Å². The van der Waals surface area contributed by atoms with Crippen LogP contribution >= 0.6 is 11.3 Å². The van der Waals surface area contributed by atoms with Gasteiger partial charge in [0.05, 0.1) is 12.1 Å². The van der Waals surface area contributed by atoms with Gasteiger partial charge in [-0.2, -0.15) is 13.2 Å². The maximum absolute atomic E-state index is 12.4. The molecule has 3 nitrogen and oxygen atoms in total. The first-order valence-corrected chi connectivity index (χ1v) is 5.98. The zero-order valence-corrected chi connectivity index (χ0v) is 10.7. The molecule has 1 heterocycles. The molecule has 0 spiro atoms. The molecule has 0 saturated heterocycles. The Morgan fingerprint density at radius 2 is 2.18 bits per heavy atom. The quantitative estimate of drug-likeness (QED) is 0.891. The average molecular weight is 268 g/mol. The lowest BCUT2D eigenvalue weighted by Crippen LogP contribution is -2.29. The molecule has 1 aromatic heterocycles. The van der Waals surface area contributed by atoms with E-state index in [4.69, 9.17) is 4.74 Å². The minimum atomic E-state index is -4.38. The summed E-state index contributed by atoms with van der Waals surface area (Å²) in [6.45, 7) is 1.92. The third kappa shape index (κ3) is 3.40. The Kier molecular flexibility index (Phi) is 4.91. The largest absolute Gasteiger partial charge is 0.443 e. The number of thiazole rings is 1. The highest BCUT2D eigenvalue weighted by Crippen LogP contribution is 2.35. The Labute approximate surface area is 102 Å². The van der Waals surface area contributed by atoms with Crippen LogP contribution in [0, 0.1) is 0 Å². The maximum atomic E-state index is 12.4. The number of hydrogen-bond donors (Lipinski definition) is 1. The molecule has 0 radical (unpaired) electrons. The normalized spacial score (nSPS) is 15.9. The number of nitrogens with one attached hydrogen (secondary N) is 1. The minimum Gasteiger partial charge on any atom is -0.379 e. The first-order valence-electron chi connectivity index (χ1n) is 5.17. The van der Waals surface area contributed by atoms with Crippen molar-refractivity contribution < 1.29 is 17.9 Å². The van der Waals surface area contributed by atoms with Crippen LogP contribution in [-0.4, -0.2) is 25.2 Å². The molecule has 0 aromatic carbocycles. The van der Waals surface area contributed by atoms with E-state index < -0.39 is 11.2 Å². The van der Waals surface area contributed by atoms with Crippen molar-refractivity contribution in [1.29, 1.82) is 0 Å². The summed E-state index contributed by atoms with van der Waals surface area (Å²) in [5, 5.41) is 2.14. The Hall–Kier alpha value is -0.660. The van der Waals surface area contributed by atoms with Crippen molar-refractivity contribution in [2.45, 2.75) is 31.7 Å². The molecule has 0 amide bonds. The van der Waals surface area contributed by atoms with Crippen molar-refractivity contribution >= 4 is 11.3 Å². The monoisotopic (exact) mass is 268 g/mol. The lowest BCUT2D eigenvalue weighted by Gasteiger charge is -2.23. The smallest absolute Gasteiger partial charge is 0.379 e. The van der Waals surface area contributed by atoms with Crippen LogP contribution in [-0.2, 0) is 10.9 Å². The van der Waals surface area contributed by atoms with E-state index in [9.17, 15) is 13.2 Å². The number of ether oxygens (including phenoxy) is 1. The molecular weight excluding hydrogens is 253 g/mol. The van der Waals surface area contributed by atoms with E-state index in [-0.39, 0.29) is 12.1 Å². The summed E-state index contributed by atoms with van der Waals surface area (Å²) < 4.78 is 42.5. The topological polar surface area (TPSA) is 34.1 Å². The van der Waals surface area contributed by atoms with Gasteiger partial charge in [-0.3, -0.25) is 0 Å². The highest BCUT2D eigenvalue weighted by Gasteiger charge is 2.35. The molecule has 1 N–H and O–H groups in total. The molecule has 17 heavy (non-hydrogen) atoms. The zero-order chi connectivity index (χ0) is 13.1. The van der Waals surface area contributed by atoms with Gasteiger partial charge >= 0.3 is 6.18 Å². The van der Waals surface area contributed by atoms with Crippen molar-refractivity contribution in [2.75, 3.05) is 14.2 Å². The van der Waals surface area contributed by atoms with Crippen LogP contribution in [0.3, 0.4) is 0 Å². The second kappa shape index (κ2) is 5.79. The molecule has 7 heteroatoms. The van der Waals surface area contributed by atoms with Crippen LogP contribution in [0.4, 0.5) is 13.2 Å². The van der Waals surface area contributed by atoms with Crippen LogP contribution in [0.2, 0.25) is 0 Å². The van der Waals surface area contributed by atoms with Gasteiger partial charge in [0, 0.05) is 18.2 Å². The van der Waals surface area contributed by atoms with Gasteiger partial charge < -0.3 is 10.1 Å². The lowest BCUT2D eigenvalue weighted by molar-refractivity contribution is -0.137. The number of halogens is 3. The summed E-state index contributed by atoms with van der Waals surface area (Å²) in [6.07, 6.45) is -2.57. The summed E-state index contributed by atoms with van der Waals surface area (Å²) in [7, 11) is 3.24. The fourth-order valence-corrected chi connectivity index (χ4v) is 2.56. The molecule has 0 bridgehead atoms. The Balaban J connectivity index is 2.93. The number of rotatable bonds is 5. The van der Waals surface area contributed by atoms with Crippen LogP contribution in [0.15, 0.2) is 6.20 Å². The fourth-order valence-electron chi connectivity index (χ4n) is 1.61.